The van der Waals surface area contributed by atoms with Gasteiger partial charge in [0.2, 0.25) is 0 Å². The molecule has 18 heavy (non-hydrogen) atoms. The SMILES string of the molecule is CNc1nc(NCCC2CCOC2)c(Cl)cc1Cl. The Bertz CT molecular complexity index is 409. The van der Waals surface area contributed by atoms with Gasteiger partial charge in [-0.05, 0) is 24.8 Å². The van der Waals surface area contributed by atoms with Crippen LogP contribution in [-0.4, -0.2) is 31.8 Å². The van der Waals surface area contributed by atoms with Crippen molar-refractivity contribution in [2.75, 3.05) is 37.4 Å². The van der Waals surface area contributed by atoms with E-state index in [1.54, 1.807) is 13.1 Å². The lowest BCUT2D eigenvalue weighted by Gasteiger charge is -2.12. The van der Waals surface area contributed by atoms with E-state index in [1.165, 1.54) is 0 Å². The van der Waals surface area contributed by atoms with Gasteiger partial charge in [0.15, 0.2) is 0 Å². The monoisotopic (exact) mass is 289 g/mol. The van der Waals surface area contributed by atoms with Crippen LogP contribution in [0.25, 0.3) is 0 Å². The summed E-state index contributed by atoms with van der Waals surface area (Å²) in [7, 11) is 1.78. The Balaban J connectivity index is 1.91. The quantitative estimate of drug-likeness (QED) is 0.873. The fourth-order valence-corrected chi connectivity index (χ4v) is 2.49. The standard InChI is InChI=1S/C12H17Cl2N3O/c1-15-11-9(13)6-10(14)12(17-11)16-4-2-8-3-5-18-7-8/h6,8H,2-5,7H2,1H3,(H2,15,16,17). The third-order valence-electron chi connectivity index (χ3n) is 3.04. The lowest BCUT2D eigenvalue weighted by atomic mass is 10.1. The van der Waals surface area contributed by atoms with Crippen LogP contribution in [0.15, 0.2) is 6.07 Å². The Labute approximate surface area is 117 Å². The Morgan fingerprint density at radius 3 is 2.83 bits per heavy atom. The van der Waals surface area contributed by atoms with E-state index in [0.717, 1.165) is 32.6 Å². The fourth-order valence-electron chi connectivity index (χ4n) is 1.97. The molecule has 1 aliphatic rings. The lowest BCUT2D eigenvalue weighted by Crippen LogP contribution is -2.10. The van der Waals surface area contributed by atoms with Crippen molar-refractivity contribution in [1.29, 1.82) is 0 Å². The summed E-state index contributed by atoms with van der Waals surface area (Å²) in [5, 5.41) is 7.25. The number of pyridine rings is 1. The number of aromatic nitrogens is 1. The summed E-state index contributed by atoms with van der Waals surface area (Å²) >= 11 is 12.1. The zero-order valence-electron chi connectivity index (χ0n) is 10.3. The summed E-state index contributed by atoms with van der Waals surface area (Å²) < 4.78 is 5.34. The number of hydrogen-bond donors (Lipinski definition) is 2. The highest BCUT2D eigenvalue weighted by atomic mass is 35.5. The molecule has 1 saturated heterocycles. The van der Waals surface area contributed by atoms with Gasteiger partial charge in [0.1, 0.15) is 11.6 Å². The van der Waals surface area contributed by atoms with Gasteiger partial charge in [-0.3, -0.25) is 0 Å². The van der Waals surface area contributed by atoms with Crippen molar-refractivity contribution in [2.45, 2.75) is 12.8 Å². The molecule has 1 aliphatic heterocycles. The van der Waals surface area contributed by atoms with E-state index in [9.17, 15) is 0 Å². The molecule has 6 heteroatoms. The van der Waals surface area contributed by atoms with Gasteiger partial charge in [-0.15, -0.1) is 0 Å². The Hall–Kier alpha value is -0.710. The van der Waals surface area contributed by atoms with Gasteiger partial charge in [0.05, 0.1) is 10.0 Å². The number of anilines is 2. The smallest absolute Gasteiger partial charge is 0.147 e. The molecule has 2 N–H and O–H groups in total. The molecular weight excluding hydrogens is 273 g/mol. The summed E-state index contributed by atoms with van der Waals surface area (Å²) in [6.45, 7) is 2.59. The summed E-state index contributed by atoms with van der Waals surface area (Å²) in [5.74, 6) is 1.95. The number of nitrogens with one attached hydrogen (secondary N) is 2. The second-order valence-corrected chi connectivity index (χ2v) is 5.16. The van der Waals surface area contributed by atoms with Gasteiger partial charge in [-0.1, -0.05) is 23.2 Å². The molecule has 100 valence electrons. The fraction of sp³-hybridized carbons (Fsp3) is 0.583. The zero-order chi connectivity index (χ0) is 13.0. The predicted octanol–water partition coefficient (Wildman–Crippen LogP) is 3.27. The van der Waals surface area contributed by atoms with Crippen molar-refractivity contribution in [3.63, 3.8) is 0 Å². The first-order valence-electron chi connectivity index (χ1n) is 6.06. The van der Waals surface area contributed by atoms with Gasteiger partial charge in [0.25, 0.3) is 0 Å². The maximum Gasteiger partial charge on any atom is 0.147 e. The van der Waals surface area contributed by atoms with Crippen molar-refractivity contribution in [2.24, 2.45) is 5.92 Å². The Kier molecular flexibility index (Phi) is 4.92. The molecule has 0 saturated carbocycles. The van der Waals surface area contributed by atoms with Crippen molar-refractivity contribution < 1.29 is 4.74 Å². The summed E-state index contributed by atoms with van der Waals surface area (Å²) in [6, 6.07) is 1.70. The van der Waals surface area contributed by atoms with Crippen LogP contribution in [0.1, 0.15) is 12.8 Å². The Morgan fingerprint density at radius 1 is 1.39 bits per heavy atom. The molecule has 0 aliphatic carbocycles. The normalized spacial score (nSPS) is 18.9. The highest BCUT2D eigenvalue weighted by Gasteiger charge is 2.15. The number of halogens is 2. The third-order valence-corrected chi connectivity index (χ3v) is 3.61. The maximum absolute atomic E-state index is 6.09. The van der Waals surface area contributed by atoms with Gasteiger partial charge < -0.3 is 15.4 Å². The Morgan fingerprint density at radius 2 is 2.17 bits per heavy atom. The maximum atomic E-state index is 6.09. The zero-order valence-corrected chi connectivity index (χ0v) is 11.8. The average molecular weight is 290 g/mol. The van der Waals surface area contributed by atoms with Gasteiger partial charge >= 0.3 is 0 Å². The first kappa shape index (κ1) is 13.7. The van der Waals surface area contributed by atoms with Crippen LogP contribution in [0.3, 0.4) is 0 Å². The molecule has 1 fully saturated rings. The predicted molar refractivity (Wildman–Crippen MR) is 75.8 cm³/mol. The molecule has 2 heterocycles. The van der Waals surface area contributed by atoms with E-state index in [0.29, 0.717) is 27.6 Å². The van der Waals surface area contributed by atoms with Crippen LogP contribution < -0.4 is 10.6 Å². The molecule has 2 rings (SSSR count). The molecule has 1 atom stereocenters. The summed E-state index contributed by atoms with van der Waals surface area (Å²) in [4.78, 5) is 4.34. The van der Waals surface area contributed by atoms with Crippen LogP contribution >= 0.6 is 23.2 Å². The molecule has 0 spiro atoms. The first-order valence-corrected chi connectivity index (χ1v) is 6.81. The number of hydrogen-bond acceptors (Lipinski definition) is 4. The molecule has 1 aromatic heterocycles. The van der Waals surface area contributed by atoms with E-state index < -0.39 is 0 Å². The average Bonchev–Trinajstić information content (AvgIpc) is 2.85. The van der Waals surface area contributed by atoms with Crippen molar-refractivity contribution in [3.05, 3.63) is 16.1 Å². The molecule has 1 aromatic rings. The molecule has 0 radical (unpaired) electrons. The molecule has 0 aromatic carbocycles. The highest BCUT2D eigenvalue weighted by molar-refractivity contribution is 6.37. The second kappa shape index (κ2) is 6.45. The number of ether oxygens (including phenoxy) is 1. The highest BCUT2D eigenvalue weighted by Crippen LogP contribution is 2.29. The second-order valence-electron chi connectivity index (χ2n) is 4.34. The van der Waals surface area contributed by atoms with Crippen molar-refractivity contribution >= 4 is 34.8 Å². The minimum Gasteiger partial charge on any atom is -0.381 e. The van der Waals surface area contributed by atoms with Gasteiger partial charge in [-0.25, -0.2) is 4.98 Å². The van der Waals surface area contributed by atoms with E-state index >= 15 is 0 Å². The molecule has 0 bridgehead atoms. The number of rotatable bonds is 5. The molecule has 1 unspecified atom stereocenters. The van der Waals surface area contributed by atoms with Crippen molar-refractivity contribution in [3.8, 4) is 0 Å². The topological polar surface area (TPSA) is 46.2 Å². The van der Waals surface area contributed by atoms with E-state index in [1.807, 2.05) is 0 Å². The molecule has 4 nitrogen and oxygen atoms in total. The van der Waals surface area contributed by atoms with Crippen LogP contribution in [0.4, 0.5) is 11.6 Å². The van der Waals surface area contributed by atoms with Gasteiger partial charge in [0, 0.05) is 26.8 Å². The van der Waals surface area contributed by atoms with Gasteiger partial charge in [-0.2, -0.15) is 0 Å². The van der Waals surface area contributed by atoms with Crippen LogP contribution in [0, 0.1) is 5.92 Å². The summed E-state index contributed by atoms with van der Waals surface area (Å²) in [5.41, 5.74) is 0. The van der Waals surface area contributed by atoms with Crippen molar-refractivity contribution in [1.82, 2.24) is 4.98 Å². The largest absolute Gasteiger partial charge is 0.381 e. The van der Waals surface area contributed by atoms with Crippen LogP contribution in [-0.2, 0) is 4.74 Å². The molecule has 0 amide bonds. The van der Waals surface area contributed by atoms with Crippen LogP contribution in [0.2, 0.25) is 10.0 Å². The first-order chi connectivity index (χ1) is 8.70. The van der Waals surface area contributed by atoms with E-state index in [4.69, 9.17) is 27.9 Å². The van der Waals surface area contributed by atoms with E-state index in [2.05, 4.69) is 15.6 Å². The number of nitrogens with zero attached hydrogens (tertiary/aromatic N) is 1. The summed E-state index contributed by atoms with van der Waals surface area (Å²) in [6.07, 6.45) is 2.21. The van der Waals surface area contributed by atoms with Crippen LogP contribution in [0.5, 0.6) is 0 Å². The van der Waals surface area contributed by atoms with E-state index in [-0.39, 0.29) is 0 Å². The third kappa shape index (κ3) is 3.40. The minimum atomic E-state index is 0.525. The lowest BCUT2D eigenvalue weighted by molar-refractivity contribution is 0.185. The minimum absolute atomic E-state index is 0.525. The molecular formula is C12H17Cl2N3O.